The first kappa shape index (κ1) is 10.7. The van der Waals surface area contributed by atoms with Gasteiger partial charge in [-0.3, -0.25) is 14.9 Å². The summed E-state index contributed by atoms with van der Waals surface area (Å²) in [6.45, 7) is 1.56. The first-order valence-electron chi connectivity index (χ1n) is 5.65. The maximum Gasteiger partial charge on any atom is 0.159 e. The summed E-state index contributed by atoms with van der Waals surface area (Å²) in [5.74, 6) is 0.0511. The number of ketones is 1. The van der Waals surface area contributed by atoms with Gasteiger partial charge in [0.1, 0.15) is 5.69 Å². The van der Waals surface area contributed by atoms with Crippen molar-refractivity contribution in [2.24, 2.45) is 0 Å². The number of nitrogens with one attached hydrogen (secondary N) is 1. The quantitative estimate of drug-likeness (QED) is 0.697. The monoisotopic (exact) mass is 237 g/mol. The predicted molar refractivity (Wildman–Crippen MR) is 69.3 cm³/mol. The van der Waals surface area contributed by atoms with Crippen LogP contribution in [0.3, 0.4) is 0 Å². The number of hydrogen-bond donors (Lipinski definition) is 1. The Balaban J connectivity index is 2.24. The van der Waals surface area contributed by atoms with Crippen LogP contribution < -0.4 is 0 Å². The number of rotatable bonds is 2. The lowest BCUT2D eigenvalue weighted by Gasteiger charge is -1.98. The van der Waals surface area contributed by atoms with Crippen molar-refractivity contribution >= 4 is 16.7 Å². The number of carbonyl (C=O) groups excluding carboxylic acids is 1. The Labute approximate surface area is 104 Å². The van der Waals surface area contributed by atoms with Gasteiger partial charge in [-0.25, -0.2) is 0 Å². The zero-order chi connectivity index (χ0) is 12.5. The van der Waals surface area contributed by atoms with E-state index < -0.39 is 0 Å². The van der Waals surface area contributed by atoms with Crippen molar-refractivity contribution in [2.75, 3.05) is 0 Å². The van der Waals surface area contributed by atoms with Crippen molar-refractivity contribution in [3.05, 3.63) is 48.3 Å². The van der Waals surface area contributed by atoms with Gasteiger partial charge in [0.2, 0.25) is 0 Å². The molecule has 0 aliphatic rings. The van der Waals surface area contributed by atoms with E-state index in [-0.39, 0.29) is 5.78 Å². The first-order chi connectivity index (χ1) is 8.75. The van der Waals surface area contributed by atoms with E-state index in [1.807, 2.05) is 24.3 Å². The van der Waals surface area contributed by atoms with Crippen LogP contribution in [0, 0.1) is 0 Å². The summed E-state index contributed by atoms with van der Waals surface area (Å²) in [6.07, 6.45) is 3.48. The third-order valence-corrected chi connectivity index (χ3v) is 2.90. The maximum absolute atomic E-state index is 11.4. The Morgan fingerprint density at radius 2 is 2.17 bits per heavy atom. The SMILES string of the molecule is CC(=O)c1ccc2[nH]nc(-c3cccnc3)c2c1. The molecule has 0 unspecified atom stereocenters. The summed E-state index contributed by atoms with van der Waals surface area (Å²) in [4.78, 5) is 15.5. The van der Waals surface area contributed by atoms with Crippen LogP contribution in [0.1, 0.15) is 17.3 Å². The minimum absolute atomic E-state index is 0.0511. The molecule has 18 heavy (non-hydrogen) atoms. The lowest BCUT2D eigenvalue weighted by atomic mass is 10.1. The predicted octanol–water partition coefficient (Wildman–Crippen LogP) is 2.83. The number of carbonyl (C=O) groups is 1. The third-order valence-electron chi connectivity index (χ3n) is 2.90. The Bertz CT molecular complexity index is 716. The van der Waals surface area contributed by atoms with E-state index in [1.165, 1.54) is 0 Å². The Kier molecular flexibility index (Phi) is 2.41. The molecule has 0 aliphatic heterocycles. The molecule has 88 valence electrons. The van der Waals surface area contributed by atoms with Gasteiger partial charge in [0, 0.05) is 28.9 Å². The van der Waals surface area contributed by atoms with E-state index >= 15 is 0 Å². The van der Waals surface area contributed by atoms with E-state index in [2.05, 4.69) is 15.2 Å². The van der Waals surface area contributed by atoms with Gasteiger partial charge in [0.15, 0.2) is 5.78 Å². The van der Waals surface area contributed by atoms with Gasteiger partial charge in [-0.2, -0.15) is 5.10 Å². The second-order valence-corrected chi connectivity index (χ2v) is 4.13. The van der Waals surface area contributed by atoms with Crippen LogP contribution >= 0.6 is 0 Å². The summed E-state index contributed by atoms with van der Waals surface area (Å²) in [7, 11) is 0. The third kappa shape index (κ3) is 1.68. The normalized spacial score (nSPS) is 10.7. The summed E-state index contributed by atoms with van der Waals surface area (Å²) in [5, 5.41) is 8.19. The highest BCUT2D eigenvalue weighted by molar-refractivity contribution is 6.01. The molecule has 0 spiro atoms. The van der Waals surface area contributed by atoms with Gasteiger partial charge in [0.05, 0.1) is 5.52 Å². The van der Waals surface area contributed by atoms with Crippen LogP contribution in [0.5, 0.6) is 0 Å². The Morgan fingerprint density at radius 3 is 2.89 bits per heavy atom. The van der Waals surface area contributed by atoms with Crippen molar-refractivity contribution in [3.63, 3.8) is 0 Å². The summed E-state index contributed by atoms with van der Waals surface area (Å²) in [6, 6.07) is 9.35. The molecule has 0 atom stereocenters. The molecule has 0 radical (unpaired) electrons. The molecule has 4 heteroatoms. The molecule has 0 saturated heterocycles. The van der Waals surface area contributed by atoms with Crippen molar-refractivity contribution in [3.8, 4) is 11.3 Å². The molecule has 1 aromatic carbocycles. The molecule has 0 aliphatic carbocycles. The van der Waals surface area contributed by atoms with Gasteiger partial charge >= 0.3 is 0 Å². The van der Waals surface area contributed by atoms with Gasteiger partial charge in [-0.05, 0) is 37.3 Å². The number of Topliss-reactive ketones (excluding diaryl/α,β-unsaturated/α-hetero) is 1. The van der Waals surface area contributed by atoms with Gasteiger partial charge in [0.25, 0.3) is 0 Å². The van der Waals surface area contributed by atoms with Crippen LogP contribution in [-0.2, 0) is 0 Å². The molecule has 0 fully saturated rings. The number of aromatic amines is 1. The fraction of sp³-hybridized carbons (Fsp3) is 0.0714. The minimum atomic E-state index is 0.0511. The minimum Gasteiger partial charge on any atom is -0.295 e. The van der Waals surface area contributed by atoms with E-state index in [9.17, 15) is 4.79 Å². The fourth-order valence-electron chi connectivity index (χ4n) is 1.96. The van der Waals surface area contributed by atoms with Crippen LogP contribution in [0.2, 0.25) is 0 Å². The molecule has 2 aromatic heterocycles. The smallest absolute Gasteiger partial charge is 0.159 e. The van der Waals surface area contributed by atoms with Crippen molar-refractivity contribution in [1.29, 1.82) is 0 Å². The molecule has 4 nitrogen and oxygen atoms in total. The fourth-order valence-corrected chi connectivity index (χ4v) is 1.96. The van der Waals surface area contributed by atoms with Crippen molar-refractivity contribution in [2.45, 2.75) is 6.92 Å². The topological polar surface area (TPSA) is 58.6 Å². The molecule has 0 saturated carbocycles. The number of nitrogens with zero attached hydrogens (tertiary/aromatic N) is 2. The summed E-state index contributed by atoms with van der Waals surface area (Å²) < 4.78 is 0. The Hall–Kier alpha value is -2.49. The van der Waals surface area contributed by atoms with Gasteiger partial charge in [-0.1, -0.05) is 0 Å². The standard InChI is InChI=1S/C14H11N3O/c1-9(18)10-4-5-13-12(7-10)14(17-16-13)11-3-2-6-15-8-11/h2-8H,1H3,(H,16,17). The molecule has 1 N–H and O–H groups in total. The van der Waals surface area contributed by atoms with E-state index in [1.54, 1.807) is 25.4 Å². The molecule has 2 heterocycles. The number of pyridine rings is 1. The van der Waals surface area contributed by atoms with Crippen molar-refractivity contribution in [1.82, 2.24) is 15.2 Å². The molecule has 3 rings (SSSR count). The highest BCUT2D eigenvalue weighted by Gasteiger charge is 2.10. The zero-order valence-corrected chi connectivity index (χ0v) is 9.84. The lowest BCUT2D eigenvalue weighted by Crippen LogP contribution is -1.90. The summed E-state index contributed by atoms with van der Waals surface area (Å²) >= 11 is 0. The average Bonchev–Trinajstić information content (AvgIpc) is 2.82. The first-order valence-corrected chi connectivity index (χ1v) is 5.65. The van der Waals surface area contributed by atoms with E-state index in [0.29, 0.717) is 5.56 Å². The zero-order valence-electron chi connectivity index (χ0n) is 9.84. The largest absolute Gasteiger partial charge is 0.295 e. The van der Waals surface area contributed by atoms with Crippen LogP contribution in [0.4, 0.5) is 0 Å². The molecular formula is C14H11N3O. The Morgan fingerprint density at radius 1 is 1.28 bits per heavy atom. The molecule has 0 amide bonds. The lowest BCUT2D eigenvalue weighted by molar-refractivity contribution is 0.101. The van der Waals surface area contributed by atoms with E-state index in [0.717, 1.165) is 22.2 Å². The number of benzene rings is 1. The number of hydrogen-bond acceptors (Lipinski definition) is 3. The van der Waals surface area contributed by atoms with Crippen LogP contribution in [0.25, 0.3) is 22.2 Å². The highest BCUT2D eigenvalue weighted by Crippen LogP contribution is 2.26. The molecular weight excluding hydrogens is 226 g/mol. The van der Waals surface area contributed by atoms with E-state index in [4.69, 9.17) is 0 Å². The van der Waals surface area contributed by atoms with Crippen molar-refractivity contribution < 1.29 is 4.79 Å². The average molecular weight is 237 g/mol. The summed E-state index contributed by atoms with van der Waals surface area (Å²) in [5.41, 5.74) is 3.36. The van der Waals surface area contributed by atoms with Crippen LogP contribution in [-0.4, -0.2) is 21.0 Å². The maximum atomic E-state index is 11.4. The second-order valence-electron chi connectivity index (χ2n) is 4.13. The van der Waals surface area contributed by atoms with Crippen LogP contribution in [0.15, 0.2) is 42.7 Å². The highest BCUT2D eigenvalue weighted by atomic mass is 16.1. The second kappa shape index (κ2) is 4.07. The number of aromatic nitrogens is 3. The number of H-pyrrole nitrogens is 1. The van der Waals surface area contributed by atoms with Gasteiger partial charge in [-0.15, -0.1) is 0 Å². The van der Waals surface area contributed by atoms with Gasteiger partial charge < -0.3 is 0 Å². The molecule has 3 aromatic rings. The number of fused-ring (bicyclic) bond motifs is 1. The molecule has 0 bridgehead atoms.